The molecule has 0 unspecified atom stereocenters. The van der Waals surface area contributed by atoms with Gasteiger partial charge in [-0.1, -0.05) is 12.8 Å². The molecule has 0 aromatic carbocycles. The minimum atomic E-state index is 0.775. The molecular weight excluding hydrogens is 240 g/mol. The van der Waals surface area contributed by atoms with E-state index in [4.69, 9.17) is 6.42 Å². The Labute approximate surface area is 114 Å². The number of rotatable bonds is 8. The first-order valence-corrected chi connectivity index (χ1v) is 7.57. The normalized spacial score (nSPS) is 14.9. The molecule has 0 spiro atoms. The van der Waals surface area contributed by atoms with Crippen LogP contribution in [0, 0.1) is 18.3 Å². The number of nitrogens with one attached hydrogen (secondary N) is 1. The Balaban J connectivity index is 1.85. The summed E-state index contributed by atoms with van der Waals surface area (Å²) in [5.41, 5.74) is 0. The summed E-state index contributed by atoms with van der Waals surface area (Å²) in [5, 5.41) is 3.36. The van der Waals surface area contributed by atoms with Gasteiger partial charge in [-0.2, -0.15) is 0 Å². The van der Waals surface area contributed by atoms with Crippen molar-refractivity contribution in [1.29, 1.82) is 0 Å². The first-order valence-electron chi connectivity index (χ1n) is 6.76. The molecule has 1 saturated carbocycles. The summed E-state index contributed by atoms with van der Waals surface area (Å²) in [6.45, 7) is 7.11. The summed E-state index contributed by atoms with van der Waals surface area (Å²) in [5.74, 6) is 3.68. The molecule has 1 aromatic heterocycles. The van der Waals surface area contributed by atoms with Gasteiger partial charge in [-0.3, -0.25) is 4.90 Å². The number of terminal acetylenes is 1. The Bertz CT molecular complexity index is 401. The monoisotopic (exact) mass is 262 g/mol. The fraction of sp³-hybridized carbons (Fsp3) is 0.600. The van der Waals surface area contributed by atoms with E-state index in [2.05, 4.69) is 35.2 Å². The van der Waals surface area contributed by atoms with Crippen molar-refractivity contribution < 1.29 is 0 Å². The lowest BCUT2D eigenvalue weighted by Crippen LogP contribution is -2.25. The van der Waals surface area contributed by atoms with Gasteiger partial charge in [0.25, 0.3) is 0 Å². The molecule has 0 atom stereocenters. The van der Waals surface area contributed by atoms with Crippen LogP contribution in [0.1, 0.15) is 29.5 Å². The maximum atomic E-state index is 5.45. The number of nitrogens with zero attached hydrogens (tertiary/aromatic N) is 1. The van der Waals surface area contributed by atoms with Crippen LogP contribution in [0.5, 0.6) is 0 Å². The van der Waals surface area contributed by atoms with Crippen LogP contribution in [0.4, 0.5) is 0 Å². The van der Waals surface area contributed by atoms with Gasteiger partial charge in [0.15, 0.2) is 0 Å². The number of hydrogen-bond acceptors (Lipinski definition) is 3. The van der Waals surface area contributed by atoms with Crippen molar-refractivity contribution in [2.45, 2.75) is 32.9 Å². The smallest absolute Gasteiger partial charge is 0.0602 e. The molecule has 98 valence electrons. The van der Waals surface area contributed by atoms with Crippen molar-refractivity contribution in [1.82, 2.24) is 10.2 Å². The summed E-state index contributed by atoms with van der Waals surface area (Å²) >= 11 is 1.90. The molecule has 0 saturated heterocycles. The first-order chi connectivity index (χ1) is 8.81. The lowest BCUT2D eigenvalue weighted by Gasteiger charge is -2.18. The van der Waals surface area contributed by atoms with Gasteiger partial charge in [-0.05, 0) is 37.4 Å². The second-order valence-corrected chi connectivity index (χ2v) is 6.22. The molecule has 1 heterocycles. The summed E-state index contributed by atoms with van der Waals surface area (Å²) in [7, 11) is 0. The maximum Gasteiger partial charge on any atom is 0.0602 e. The second kappa shape index (κ2) is 6.94. The van der Waals surface area contributed by atoms with E-state index in [1.807, 2.05) is 11.3 Å². The molecule has 0 aliphatic heterocycles. The lowest BCUT2D eigenvalue weighted by atomic mass is 10.3. The third kappa shape index (κ3) is 4.45. The zero-order valence-electron chi connectivity index (χ0n) is 11.1. The van der Waals surface area contributed by atoms with Crippen LogP contribution in [0.3, 0.4) is 0 Å². The van der Waals surface area contributed by atoms with Crippen molar-refractivity contribution in [3.05, 3.63) is 21.9 Å². The third-order valence-corrected chi connectivity index (χ3v) is 4.24. The zero-order chi connectivity index (χ0) is 12.8. The SMILES string of the molecule is C#CCN(Cc1ccc(CNCC)s1)CC1CC1. The van der Waals surface area contributed by atoms with Crippen LogP contribution in [0.15, 0.2) is 12.1 Å². The molecule has 0 bridgehead atoms. The quantitative estimate of drug-likeness (QED) is 0.725. The van der Waals surface area contributed by atoms with Gasteiger partial charge in [0, 0.05) is 29.4 Å². The topological polar surface area (TPSA) is 15.3 Å². The predicted octanol–water partition coefficient (Wildman–Crippen LogP) is 2.70. The minimum absolute atomic E-state index is 0.775. The van der Waals surface area contributed by atoms with Crippen LogP contribution < -0.4 is 5.32 Å². The van der Waals surface area contributed by atoms with Gasteiger partial charge in [0.2, 0.25) is 0 Å². The summed E-state index contributed by atoms with van der Waals surface area (Å²) in [4.78, 5) is 5.25. The lowest BCUT2D eigenvalue weighted by molar-refractivity contribution is 0.289. The van der Waals surface area contributed by atoms with Crippen LogP contribution in [0.25, 0.3) is 0 Å². The molecule has 1 aromatic rings. The average Bonchev–Trinajstić information content (AvgIpc) is 3.05. The molecule has 2 rings (SSSR count). The van der Waals surface area contributed by atoms with Crippen LogP contribution in [-0.2, 0) is 13.1 Å². The van der Waals surface area contributed by atoms with E-state index >= 15 is 0 Å². The fourth-order valence-corrected chi connectivity index (χ4v) is 3.08. The molecule has 1 N–H and O–H groups in total. The molecule has 2 nitrogen and oxygen atoms in total. The Morgan fingerprint density at radius 2 is 2.22 bits per heavy atom. The average molecular weight is 262 g/mol. The van der Waals surface area contributed by atoms with Gasteiger partial charge < -0.3 is 5.32 Å². The molecule has 1 fully saturated rings. The highest BCUT2D eigenvalue weighted by molar-refractivity contribution is 7.11. The molecule has 1 aliphatic carbocycles. The first kappa shape index (κ1) is 13.6. The molecule has 0 amide bonds. The highest BCUT2D eigenvalue weighted by Gasteiger charge is 2.24. The highest BCUT2D eigenvalue weighted by Crippen LogP contribution is 2.30. The molecule has 18 heavy (non-hydrogen) atoms. The standard InChI is InChI=1S/C15H22N2S/c1-3-9-17(11-13-5-6-13)12-15-8-7-14(18-15)10-16-4-2/h1,7-8,13,16H,4-6,9-12H2,2H3. The highest BCUT2D eigenvalue weighted by atomic mass is 32.1. The molecule has 1 aliphatic rings. The van der Waals surface area contributed by atoms with E-state index in [0.717, 1.165) is 32.1 Å². The molecule has 3 heteroatoms. The van der Waals surface area contributed by atoms with E-state index < -0.39 is 0 Å². The summed E-state index contributed by atoms with van der Waals surface area (Å²) in [6.07, 6.45) is 8.22. The number of thiophene rings is 1. The Hall–Kier alpha value is -0.820. The van der Waals surface area contributed by atoms with E-state index in [-0.39, 0.29) is 0 Å². The summed E-state index contributed by atoms with van der Waals surface area (Å²) < 4.78 is 0. The Morgan fingerprint density at radius 3 is 2.89 bits per heavy atom. The zero-order valence-corrected chi connectivity index (χ0v) is 11.9. The van der Waals surface area contributed by atoms with Gasteiger partial charge >= 0.3 is 0 Å². The van der Waals surface area contributed by atoms with Crippen LogP contribution in [-0.4, -0.2) is 24.5 Å². The second-order valence-electron chi connectivity index (χ2n) is 4.97. The Kier molecular flexibility index (Phi) is 5.25. The molecule has 0 radical (unpaired) electrons. The van der Waals surface area contributed by atoms with Crippen LogP contribution >= 0.6 is 11.3 Å². The van der Waals surface area contributed by atoms with Gasteiger partial charge in [-0.15, -0.1) is 17.8 Å². The predicted molar refractivity (Wildman–Crippen MR) is 78.5 cm³/mol. The van der Waals surface area contributed by atoms with Crippen molar-refractivity contribution in [2.24, 2.45) is 5.92 Å². The minimum Gasteiger partial charge on any atom is -0.312 e. The molecular formula is C15H22N2S. The van der Waals surface area contributed by atoms with Crippen molar-refractivity contribution in [3.63, 3.8) is 0 Å². The Morgan fingerprint density at radius 1 is 1.44 bits per heavy atom. The van der Waals surface area contributed by atoms with Crippen LogP contribution in [0.2, 0.25) is 0 Å². The van der Waals surface area contributed by atoms with Crippen molar-refractivity contribution in [3.8, 4) is 12.3 Å². The number of hydrogen-bond donors (Lipinski definition) is 1. The maximum absolute atomic E-state index is 5.45. The van der Waals surface area contributed by atoms with Crippen molar-refractivity contribution in [2.75, 3.05) is 19.6 Å². The largest absolute Gasteiger partial charge is 0.312 e. The van der Waals surface area contributed by atoms with Crippen molar-refractivity contribution >= 4 is 11.3 Å². The van der Waals surface area contributed by atoms with E-state index in [9.17, 15) is 0 Å². The van der Waals surface area contributed by atoms with Gasteiger partial charge in [0.05, 0.1) is 6.54 Å². The van der Waals surface area contributed by atoms with Gasteiger partial charge in [0.1, 0.15) is 0 Å². The van der Waals surface area contributed by atoms with Gasteiger partial charge in [-0.25, -0.2) is 0 Å². The van der Waals surface area contributed by atoms with E-state index in [1.165, 1.54) is 29.1 Å². The fourth-order valence-electron chi connectivity index (χ4n) is 2.05. The van der Waals surface area contributed by atoms with E-state index in [1.54, 1.807) is 0 Å². The van der Waals surface area contributed by atoms with E-state index in [0.29, 0.717) is 0 Å². The summed E-state index contributed by atoms with van der Waals surface area (Å²) in [6, 6.07) is 4.47. The third-order valence-electron chi connectivity index (χ3n) is 3.17.